The van der Waals surface area contributed by atoms with Crippen LogP contribution in [0.2, 0.25) is 5.02 Å². The Labute approximate surface area is 217 Å². The van der Waals surface area contributed by atoms with Crippen molar-refractivity contribution in [2.45, 2.75) is 38.3 Å². The molecule has 0 aromatic heterocycles. The summed E-state index contributed by atoms with van der Waals surface area (Å²) in [6, 6.07) is 21.3. The van der Waals surface area contributed by atoms with Gasteiger partial charge in [0.25, 0.3) is 10.0 Å². The van der Waals surface area contributed by atoms with Crippen molar-refractivity contribution in [3.05, 3.63) is 95.0 Å². The Kier molecular flexibility index (Phi) is 9.12. The van der Waals surface area contributed by atoms with Crippen LogP contribution in [0.1, 0.15) is 25.0 Å². The van der Waals surface area contributed by atoms with E-state index in [9.17, 15) is 18.0 Å². The molecule has 3 rings (SSSR count). The molecule has 0 aliphatic rings. The number of carbonyl (C=O) groups is 2. The lowest BCUT2D eigenvalue weighted by molar-refractivity contribution is -0.139. The standard InChI is InChI=1S/C27H30ClN3O4S/c1-4-29-27(33)21(3)30(18-22-12-7-5-8-13-22)26(32)19-31(25-17-11-16-24(28)20(25)2)36(34,35)23-14-9-6-10-15-23/h5-17,21H,4,18-19H2,1-3H3,(H,29,33)/t21-/m0/s1. The molecule has 0 saturated carbocycles. The lowest BCUT2D eigenvalue weighted by atomic mass is 10.1. The fourth-order valence-corrected chi connectivity index (χ4v) is 5.45. The van der Waals surface area contributed by atoms with Crippen LogP contribution in [-0.2, 0) is 26.2 Å². The Morgan fingerprint density at radius 3 is 2.17 bits per heavy atom. The molecule has 36 heavy (non-hydrogen) atoms. The molecule has 0 unspecified atom stereocenters. The zero-order chi connectivity index (χ0) is 26.3. The normalized spacial score (nSPS) is 12.0. The molecule has 1 atom stereocenters. The van der Waals surface area contributed by atoms with Crippen molar-refractivity contribution in [1.82, 2.24) is 10.2 Å². The smallest absolute Gasteiger partial charge is 0.264 e. The van der Waals surface area contributed by atoms with Crippen molar-refractivity contribution in [3.63, 3.8) is 0 Å². The topological polar surface area (TPSA) is 86.8 Å². The number of halogens is 1. The fourth-order valence-electron chi connectivity index (χ4n) is 3.78. The summed E-state index contributed by atoms with van der Waals surface area (Å²) in [5.41, 5.74) is 1.64. The zero-order valence-electron chi connectivity index (χ0n) is 20.5. The van der Waals surface area contributed by atoms with Gasteiger partial charge in [-0.3, -0.25) is 13.9 Å². The van der Waals surface area contributed by atoms with E-state index >= 15 is 0 Å². The van der Waals surface area contributed by atoms with Crippen LogP contribution < -0.4 is 9.62 Å². The van der Waals surface area contributed by atoms with E-state index < -0.39 is 28.5 Å². The van der Waals surface area contributed by atoms with E-state index in [1.54, 1.807) is 57.2 Å². The molecule has 0 spiro atoms. The summed E-state index contributed by atoms with van der Waals surface area (Å²) in [7, 11) is -4.12. The summed E-state index contributed by atoms with van der Waals surface area (Å²) in [4.78, 5) is 27.9. The Morgan fingerprint density at radius 1 is 0.944 bits per heavy atom. The largest absolute Gasteiger partial charge is 0.355 e. The van der Waals surface area contributed by atoms with Crippen LogP contribution in [0.15, 0.2) is 83.8 Å². The molecule has 3 aromatic rings. The predicted molar refractivity (Wildman–Crippen MR) is 142 cm³/mol. The van der Waals surface area contributed by atoms with Gasteiger partial charge in [-0.25, -0.2) is 8.42 Å². The maximum atomic E-state index is 13.8. The number of nitrogens with zero attached hydrogens (tertiary/aromatic N) is 2. The molecule has 0 fully saturated rings. The summed E-state index contributed by atoms with van der Waals surface area (Å²) >= 11 is 6.32. The molecule has 9 heteroatoms. The molecule has 190 valence electrons. The van der Waals surface area contributed by atoms with E-state index in [-0.39, 0.29) is 17.3 Å². The Hall–Kier alpha value is -3.36. The highest BCUT2D eigenvalue weighted by atomic mass is 35.5. The number of sulfonamides is 1. The van der Waals surface area contributed by atoms with Gasteiger partial charge in [0.15, 0.2) is 0 Å². The maximum absolute atomic E-state index is 13.8. The van der Waals surface area contributed by atoms with Crippen molar-refractivity contribution in [3.8, 4) is 0 Å². The number of amides is 2. The molecule has 0 bridgehead atoms. The van der Waals surface area contributed by atoms with E-state index in [4.69, 9.17) is 11.6 Å². The SMILES string of the molecule is CCNC(=O)[C@H](C)N(Cc1ccccc1)C(=O)CN(c1cccc(Cl)c1C)S(=O)(=O)c1ccccc1. The minimum absolute atomic E-state index is 0.0450. The molecular formula is C27H30ClN3O4S. The number of hydrogen-bond acceptors (Lipinski definition) is 4. The van der Waals surface area contributed by atoms with Gasteiger partial charge in [-0.15, -0.1) is 0 Å². The second-order valence-electron chi connectivity index (χ2n) is 8.29. The van der Waals surface area contributed by atoms with E-state index in [1.807, 2.05) is 30.3 Å². The average molecular weight is 528 g/mol. The van der Waals surface area contributed by atoms with Crippen molar-refractivity contribution in [2.75, 3.05) is 17.4 Å². The van der Waals surface area contributed by atoms with Crippen molar-refractivity contribution >= 4 is 39.1 Å². The number of likely N-dealkylation sites (N-methyl/N-ethyl adjacent to an activating group) is 1. The third-order valence-electron chi connectivity index (χ3n) is 5.83. The molecule has 0 saturated heterocycles. The first kappa shape index (κ1) is 27.2. The molecule has 3 aromatic carbocycles. The predicted octanol–water partition coefficient (Wildman–Crippen LogP) is 4.40. The van der Waals surface area contributed by atoms with Gasteiger partial charge in [0, 0.05) is 18.1 Å². The Bertz CT molecular complexity index is 1300. The van der Waals surface area contributed by atoms with Crippen molar-refractivity contribution in [1.29, 1.82) is 0 Å². The average Bonchev–Trinajstić information content (AvgIpc) is 2.88. The number of hydrogen-bond donors (Lipinski definition) is 1. The van der Waals surface area contributed by atoms with E-state index in [0.29, 0.717) is 22.8 Å². The van der Waals surface area contributed by atoms with Crippen molar-refractivity contribution in [2.24, 2.45) is 0 Å². The second kappa shape index (κ2) is 12.1. The molecule has 0 aliphatic heterocycles. The first-order valence-corrected chi connectivity index (χ1v) is 13.4. The van der Waals surface area contributed by atoms with E-state index in [0.717, 1.165) is 9.87 Å². The molecule has 7 nitrogen and oxygen atoms in total. The number of carbonyl (C=O) groups excluding carboxylic acids is 2. The highest BCUT2D eigenvalue weighted by molar-refractivity contribution is 7.92. The van der Waals surface area contributed by atoms with Gasteiger partial charge >= 0.3 is 0 Å². The van der Waals surface area contributed by atoms with Gasteiger partial charge < -0.3 is 10.2 Å². The van der Waals surface area contributed by atoms with Gasteiger partial charge in [-0.05, 0) is 56.2 Å². The van der Waals surface area contributed by atoms with E-state index in [2.05, 4.69) is 5.32 Å². The van der Waals surface area contributed by atoms with Crippen LogP contribution in [-0.4, -0.2) is 44.3 Å². The van der Waals surface area contributed by atoms with Gasteiger partial charge in [-0.2, -0.15) is 0 Å². The number of rotatable bonds is 10. The van der Waals surface area contributed by atoms with Crippen LogP contribution in [0.5, 0.6) is 0 Å². The van der Waals surface area contributed by atoms with Gasteiger partial charge in [0.05, 0.1) is 10.6 Å². The summed E-state index contributed by atoms with van der Waals surface area (Å²) in [5.74, 6) is -0.838. The zero-order valence-corrected chi connectivity index (χ0v) is 22.1. The molecule has 0 radical (unpaired) electrons. The first-order valence-electron chi connectivity index (χ1n) is 11.6. The van der Waals surface area contributed by atoms with Crippen LogP contribution >= 0.6 is 11.6 Å². The summed E-state index contributed by atoms with van der Waals surface area (Å²) < 4.78 is 28.6. The second-order valence-corrected chi connectivity index (χ2v) is 10.6. The third-order valence-corrected chi connectivity index (χ3v) is 8.02. The molecule has 2 amide bonds. The van der Waals surface area contributed by atoms with Gasteiger partial charge in [0.1, 0.15) is 12.6 Å². The van der Waals surface area contributed by atoms with Crippen LogP contribution in [0, 0.1) is 6.92 Å². The van der Waals surface area contributed by atoms with Crippen LogP contribution in [0.25, 0.3) is 0 Å². The highest BCUT2D eigenvalue weighted by Crippen LogP contribution is 2.31. The maximum Gasteiger partial charge on any atom is 0.264 e. The Balaban J connectivity index is 2.05. The Morgan fingerprint density at radius 2 is 1.56 bits per heavy atom. The lowest BCUT2D eigenvalue weighted by Crippen LogP contribution is -2.51. The van der Waals surface area contributed by atoms with Gasteiger partial charge in [-0.1, -0.05) is 66.2 Å². The quantitative estimate of drug-likeness (QED) is 0.423. The van der Waals surface area contributed by atoms with Gasteiger partial charge in [0.2, 0.25) is 11.8 Å². The minimum Gasteiger partial charge on any atom is -0.355 e. The number of nitrogens with one attached hydrogen (secondary N) is 1. The van der Waals surface area contributed by atoms with Crippen LogP contribution in [0.3, 0.4) is 0 Å². The lowest BCUT2D eigenvalue weighted by Gasteiger charge is -2.32. The molecule has 1 N–H and O–H groups in total. The summed E-state index contributed by atoms with van der Waals surface area (Å²) in [6.07, 6.45) is 0. The highest BCUT2D eigenvalue weighted by Gasteiger charge is 2.33. The first-order chi connectivity index (χ1) is 17.2. The molecule has 0 aliphatic carbocycles. The minimum atomic E-state index is -4.12. The third kappa shape index (κ3) is 6.25. The fraction of sp³-hybridized carbons (Fsp3) is 0.259. The molecule has 0 heterocycles. The van der Waals surface area contributed by atoms with Crippen LogP contribution in [0.4, 0.5) is 5.69 Å². The molecular weight excluding hydrogens is 498 g/mol. The summed E-state index contributed by atoms with van der Waals surface area (Å²) in [5, 5.41) is 3.12. The number of anilines is 1. The monoisotopic (exact) mass is 527 g/mol. The number of benzene rings is 3. The van der Waals surface area contributed by atoms with E-state index in [1.165, 1.54) is 17.0 Å². The van der Waals surface area contributed by atoms with Crippen molar-refractivity contribution < 1.29 is 18.0 Å². The summed E-state index contributed by atoms with van der Waals surface area (Å²) in [6.45, 7) is 5.18.